The lowest BCUT2D eigenvalue weighted by molar-refractivity contribution is 0.0508. The summed E-state index contributed by atoms with van der Waals surface area (Å²) in [6.07, 6.45) is 0.513. The molecule has 2 aromatic rings. The number of esters is 1. The van der Waals surface area contributed by atoms with Gasteiger partial charge >= 0.3 is 5.97 Å². The first kappa shape index (κ1) is 12.3. The van der Waals surface area contributed by atoms with Crippen molar-refractivity contribution in [1.82, 2.24) is 10.1 Å². The molecule has 5 nitrogen and oxygen atoms in total. The minimum Gasteiger partial charge on any atom is -0.460 e. The summed E-state index contributed by atoms with van der Waals surface area (Å²) in [5, 5.41) is 3.60. The van der Waals surface area contributed by atoms with Gasteiger partial charge in [0.25, 0.3) is 5.82 Å². The number of carbonyl (C=O) groups is 1. The number of hydrogen-bond acceptors (Lipinski definition) is 5. The summed E-state index contributed by atoms with van der Waals surface area (Å²) in [5.74, 6) is -0.176. The van der Waals surface area contributed by atoms with E-state index in [9.17, 15) is 4.79 Å². The minimum atomic E-state index is -0.558. The molecule has 0 aliphatic rings. The van der Waals surface area contributed by atoms with E-state index >= 15 is 0 Å². The van der Waals surface area contributed by atoms with E-state index in [1.165, 1.54) is 0 Å². The van der Waals surface area contributed by atoms with Crippen LogP contribution in [0.15, 0.2) is 28.8 Å². The van der Waals surface area contributed by atoms with Gasteiger partial charge in [0.2, 0.25) is 5.89 Å². The Morgan fingerprint density at radius 1 is 1.39 bits per heavy atom. The number of ether oxygens (including phenoxy) is 1. The van der Waals surface area contributed by atoms with E-state index in [0.717, 1.165) is 11.1 Å². The fourth-order valence-electron chi connectivity index (χ4n) is 1.58. The third-order valence-corrected chi connectivity index (χ3v) is 2.53. The molecule has 2 rings (SSSR count). The molecule has 94 valence electrons. The predicted octanol–water partition coefficient (Wildman–Crippen LogP) is 2.15. The van der Waals surface area contributed by atoms with E-state index in [2.05, 4.69) is 10.1 Å². The van der Waals surface area contributed by atoms with Gasteiger partial charge in [0, 0.05) is 0 Å². The van der Waals surface area contributed by atoms with E-state index < -0.39 is 5.97 Å². The average Bonchev–Trinajstić information content (AvgIpc) is 2.81. The van der Waals surface area contributed by atoms with Gasteiger partial charge in [-0.3, -0.25) is 0 Å². The highest BCUT2D eigenvalue weighted by atomic mass is 16.5. The minimum absolute atomic E-state index is 0.0274. The molecule has 0 saturated carbocycles. The molecule has 1 heterocycles. The van der Waals surface area contributed by atoms with Gasteiger partial charge in [-0.25, -0.2) is 4.79 Å². The molecule has 18 heavy (non-hydrogen) atoms. The lowest BCUT2D eigenvalue weighted by Crippen LogP contribution is -2.06. The molecule has 0 spiro atoms. The molecular formula is C13H14N2O3. The van der Waals surface area contributed by atoms with Gasteiger partial charge in [-0.05, 0) is 30.1 Å². The molecule has 0 aliphatic carbocycles. The van der Waals surface area contributed by atoms with Crippen LogP contribution in [-0.2, 0) is 11.2 Å². The second kappa shape index (κ2) is 5.44. The zero-order chi connectivity index (χ0) is 13.0. The molecule has 0 fully saturated rings. The number of hydrogen-bond donors (Lipinski definition) is 0. The highest BCUT2D eigenvalue weighted by molar-refractivity contribution is 5.84. The second-order valence-electron chi connectivity index (χ2n) is 3.84. The van der Waals surface area contributed by atoms with Gasteiger partial charge in [0.1, 0.15) is 0 Å². The van der Waals surface area contributed by atoms with Crippen molar-refractivity contribution in [2.75, 3.05) is 6.61 Å². The summed E-state index contributed by atoms with van der Waals surface area (Å²) < 4.78 is 9.82. The molecule has 0 bridgehead atoms. The maximum absolute atomic E-state index is 11.4. The van der Waals surface area contributed by atoms with Crippen molar-refractivity contribution in [3.05, 3.63) is 47.1 Å². The quantitative estimate of drug-likeness (QED) is 0.773. The van der Waals surface area contributed by atoms with E-state index in [4.69, 9.17) is 9.26 Å². The molecule has 5 heteroatoms. The Kier molecular flexibility index (Phi) is 3.72. The van der Waals surface area contributed by atoms with E-state index in [1.54, 1.807) is 6.92 Å². The van der Waals surface area contributed by atoms with Crippen LogP contribution in [0.4, 0.5) is 0 Å². The normalized spacial score (nSPS) is 10.3. The van der Waals surface area contributed by atoms with Crippen molar-refractivity contribution in [3.8, 4) is 0 Å². The van der Waals surface area contributed by atoms with E-state index in [1.807, 2.05) is 31.2 Å². The van der Waals surface area contributed by atoms with Crippen LogP contribution >= 0.6 is 0 Å². The first-order chi connectivity index (χ1) is 8.70. The molecule has 0 amide bonds. The Labute approximate surface area is 105 Å². The van der Waals surface area contributed by atoms with Crippen molar-refractivity contribution in [2.24, 2.45) is 0 Å². The van der Waals surface area contributed by atoms with Crippen LogP contribution in [0.2, 0.25) is 0 Å². The first-order valence-electron chi connectivity index (χ1n) is 5.75. The summed E-state index contributed by atoms with van der Waals surface area (Å²) in [5.41, 5.74) is 2.24. The average molecular weight is 246 g/mol. The van der Waals surface area contributed by atoms with Gasteiger partial charge in [-0.2, -0.15) is 4.98 Å². The van der Waals surface area contributed by atoms with Crippen molar-refractivity contribution >= 4 is 5.97 Å². The van der Waals surface area contributed by atoms with Crippen LogP contribution in [0.25, 0.3) is 0 Å². The van der Waals surface area contributed by atoms with Crippen LogP contribution in [0.3, 0.4) is 0 Å². The Morgan fingerprint density at radius 2 is 2.17 bits per heavy atom. The van der Waals surface area contributed by atoms with E-state index in [0.29, 0.717) is 18.9 Å². The van der Waals surface area contributed by atoms with Crippen molar-refractivity contribution in [1.29, 1.82) is 0 Å². The summed E-state index contributed by atoms with van der Waals surface area (Å²) in [6, 6.07) is 7.92. The molecule has 1 aromatic carbocycles. The third-order valence-electron chi connectivity index (χ3n) is 2.53. The molecule has 0 unspecified atom stereocenters. The lowest BCUT2D eigenvalue weighted by atomic mass is 10.1. The van der Waals surface area contributed by atoms with Crippen LogP contribution < -0.4 is 0 Å². The van der Waals surface area contributed by atoms with Gasteiger partial charge < -0.3 is 9.26 Å². The van der Waals surface area contributed by atoms with E-state index in [-0.39, 0.29) is 5.82 Å². The van der Waals surface area contributed by atoms with Gasteiger partial charge in [-0.1, -0.05) is 24.3 Å². The Bertz CT molecular complexity index is 549. The van der Waals surface area contributed by atoms with Crippen molar-refractivity contribution < 1.29 is 14.1 Å². The second-order valence-corrected chi connectivity index (χ2v) is 3.84. The molecule has 0 radical (unpaired) electrons. The maximum atomic E-state index is 11.4. The standard InChI is InChI=1S/C13H14N2O3/c1-3-17-13(16)12-14-11(18-15-12)8-10-7-5-4-6-9(10)2/h4-7H,3,8H2,1-2H3. The number of nitrogens with zero attached hydrogens (tertiary/aromatic N) is 2. The van der Waals surface area contributed by atoms with Crippen molar-refractivity contribution in [2.45, 2.75) is 20.3 Å². The molecule has 0 atom stereocenters. The molecule has 0 saturated heterocycles. The number of aromatic nitrogens is 2. The largest absolute Gasteiger partial charge is 0.460 e. The van der Waals surface area contributed by atoms with Crippen LogP contribution in [0.5, 0.6) is 0 Å². The highest BCUT2D eigenvalue weighted by Gasteiger charge is 2.15. The number of rotatable bonds is 4. The van der Waals surface area contributed by atoms with Crippen LogP contribution in [-0.4, -0.2) is 22.7 Å². The molecule has 0 aliphatic heterocycles. The molecular weight excluding hydrogens is 232 g/mol. The van der Waals surface area contributed by atoms with Gasteiger partial charge in [0.15, 0.2) is 0 Å². The lowest BCUT2D eigenvalue weighted by Gasteiger charge is -2.00. The number of carbonyl (C=O) groups excluding carboxylic acids is 1. The fourth-order valence-corrected chi connectivity index (χ4v) is 1.58. The smallest absolute Gasteiger partial charge is 0.379 e. The Balaban J connectivity index is 2.12. The monoisotopic (exact) mass is 246 g/mol. The number of aryl methyl sites for hydroxylation is 1. The summed E-state index contributed by atoms with van der Waals surface area (Å²) in [4.78, 5) is 15.4. The zero-order valence-corrected chi connectivity index (χ0v) is 10.3. The van der Waals surface area contributed by atoms with Crippen LogP contribution in [0.1, 0.15) is 34.6 Å². The zero-order valence-electron chi connectivity index (χ0n) is 10.3. The SMILES string of the molecule is CCOC(=O)c1noc(Cc2ccccc2C)n1. The topological polar surface area (TPSA) is 65.2 Å². The van der Waals surface area contributed by atoms with Gasteiger partial charge in [0.05, 0.1) is 13.0 Å². The maximum Gasteiger partial charge on any atom is 0.379 e. The predicted molar refractivity (Wildman–Crippen MR) is 64.2 cm³/mol. The molecule has 0 N–H and O–H groups in total. The summed E-state index contributed by atoms with van der Waals surface area (Å²) in [6.45, 7) is 4.03. The first-order valence-corrected chi connectivity index (χ1v) is 5.75. The number of benzene rings is 1. The fraction of sp³-hybridized carbons (Fsp3) is 0.308. The Morgan fingerprint density at radius 3 is 2.89 bits per heavy atom. The van der Waals surface area contributed by atoms with Crippen molar-refractivity contribution in [3.63, 3.8) is 0 Å². The molecule has 1 aromatic heterocycles. The summed E-state index contributed by atoms with van der Waals surface area (Å²) in [7, 11) is 0. The van der Waals surface area contributed by atoms with Gasteiger partial charge in [-0.15, -0.1) is 0 Å². The highest BCUT2D eigenvalue weighted by Crippen LogP contribution is 2.12. The summed E-state index contributed by atoms with van der Waals surface area (Å²) >= 11 is 0. The van der Waals surface area contributed by atoms with Crippen LogP contribution in [0, 0.1) is 6.92 Å². The third kappa shape index (κ3) is 2.74. The Hall–Kier alpha value is -2.17.